The molecule has 1 aliphatic rings. The fourth-order valence-corrected chi connectivity index (χ4v) is 3.40. The molecule has 0 saturated heterocycles. The maximum Gasteiger partial charge on any atom is 0.0627 e. The van der Waals surface area contributed by atoms with E-state index >= 15 is 0 Å². The number of nitrogens with one attached hydrogen (secondary N) is 1. The van der Waals surface area contributed by atoms with Crippen LogP contribution in [0.4, 0.5) is 0 Å². The predicted octanol–water partition coefficient (Wildman–Crippen LogP) is 3.56. The summed E-state index contributed by atoms with van der Waals surface area (Å²) in [6, 6.07) is 3.47. The number of hydrogen-bond acceptors (Lipinski definition) is 2. The average molecular weight is 263 g/mol. The van der Waals surface area contributed by atoms with E-state index in [1.807, 2.05) is 0 Å². The van der Waals surface area contributed by atoms with E-state index in [1.165, 1.54) is 44.2 Å². The third-order valence-corrected chi connectivity index (χ3v) is 4.64. The summed E-state index contributed by atoms with van der Waals surface area (Å²) >= 11 is 0. The van der Waals surface area contributed by atoms with Gasteiger partial charge in [-0.25, -0.2) is 0 Å². The zero-order chi connectivity index (χ0) is 13.7. The van der Waals surface area contributed by atoms with Crippen LogP contribution in [-0.4, -0.2) is 22.9 Å². The first-order valence-electron chi connectivity index (χ1n) is 7.96. The molecule has 0 bridgehead atoms. The summed E-state index contributed by atoms with van der Waals surface area (Å²) in [5.41, 5.74) is 1.26. The van der Waals surface area contributed by atoms with Crippen molar-refractivity contribution in [2.75, 3.05) is 7.05 Å². The number of nitrogens with zero attached hydrogens (tertiary/aromatic N) is 2. The van der Waals surface area contributed by atoms with Crippen LogP contribution in [0.15, 0.2) is 12.3 Å². The monoisotopic (exact) mass is 263 g/mol. The fraction of sp³-hybridized carbons (Fsp3) is 0.812. The molecule has 2 atom stereocenters. The molecule has 2 unspecified atom stereocenters. The Morgan fingerprint density at radius 3 is 2.74 bits per heavy atom. The van der Waals surface area contributed by atoms with Crippen LogP contribution in [0.2, 0.25) is 0 Å². The highest BCUT2D eigenvalue weighted by Crippen LogP contribution is 2.27. The minimum Gasteiger partial charge on any atom is -0.317 e. The molecule has 0 spiro atoms. The molecule has 1 N–H and O–H groups in total. The van der Waals surface area contributed by atoms with E-state index in [1.54, 1.807) is 0 Å². The summed E-state index contributed by atoms with van der Waals surface area (Å²) in [4.78, 5) is 0. The van der Waals surface area contributed by atoms with E-state index in [9.17, 15) is 0 Å². The molecule has 108 valence electrons. The van der Waals surface area contributed by atoms with Gasteiger partial charge in [0.2, 0.25) is 0 Å². The van der Waals surface area contributed by atoms with Crippen molar-refractivity contribution in [3.05, 3.63) is 18.0 Å². The maximum atomic E-state index is 4.81. The molecule has 2 rings (SSSR count). The average Bonchev–Trinajstić information content (AvgIpc) is 2.89. The topological polar surface area (TPSA) is 29.9 Å². The lowest BCUT2D eigenvalue weighted by Crippen LogP contribution is -2.32. The number of rotatable bonds is 6. The highest BCUT2D eigenvalue weighted by Gasteiger charge is 2.18. The zero-order valence-electron chi connectivity index (χ0n) is 12.7. The van der Waals surface area contributed by atoms with E-state index in [4.69, 9.17) is 5.10 Å². The molecule has 1 saturated carbocycles. The van der Waals surface area contributed by atoms with E-state index in [0.29, 0.717) is 18.0 Å². The van der Waals surface area contributed by atoms with Gasteiger partial charge in [-0.2, -0.15) is 5.10 Å². The summed E-state index contributed by atoms with van der Waals surface area (Å²) in [5.74, 6) is 0.643. The van der Waals surface area contributed by atoms with Gasteiger partial charge in [0.15, 0.2) is 0 Å². The first kappa shape index (κ1) is 14.6. The highest BCUT2D eigenvalue weighted by atomic mass is 15.3. The molecule has 0 aromatic carbocycles. The summed E-state index contributed by atoms with van der Waals surface area (Å²) in [7, 11) is 2.06. The SMILES string of the molecule is CCC(NC)C(C)Cc1ccn(C2CCCCC2)n1. The molecule has 0 radical (unpaired) electrons. The standard InChI is InChI=1S/C16H29N3/c1-4-16(17-3)13(2)12-14-10-11-19(18-14)15-8-6-5-7-9-15/h10-11,13,15-17H,4-9,12H2,1-3H3. The van der Waals surface area contributed by atoms with Crippen molar-refractivity contribution in [2.24, 2.45) is 5.92 Å². The minimum atomic E-state index is 0.597. The van der Waals surface area contributed by atoms with Gasteiger partial charge >= 0.3 is 0 Å². The first-order chi connectivity index (χ1) is 9.24. The molecule has 0 amide bonds. The van der Waals surface area contributed by atoms with Gasteiger partial charge in [0.25, 0.3) is 0 Å². The van der Waals surface area contributed by atoms with Crippen LogP contribution in [0.5, 0.6) is 0 Å². The highest BCUT2D eigenvalue weighted by molar-refractivity contribution is 5.02. The zero-order valence-corrected chi connectivity index (χ0v) is 12.7. The summed E-state index contributed by atoms with van der Waals surface area (Å²) < 4.78 is 2.22. The van der Waals surface area contributed by atoms with Crippen molar-refractivity contribution in [3.8, 4) is 0 Å². The Balaban J connectivity index is 1.93. The number of hydrogen-bond donors (Lipinski definition) is 1. The molecule has 0 aliphatic heterocycles. The van der Waals surface area contributed by atoms with Crippen LogP contribution in [0.3, 0.4) is 0 Å². The van der Waals surface area contributed by atoms with Gasteiger partial charge in [-0.05, 0) is 44.7 Å². The number of aromatic nitrogens is 2. The van der Waals surface area contributed by atoms with Gasteiger partial charge in [0.1, 0.15) is 0 Å². The third kappa shape index (κ3) is 3.82. The first-order valence-corrected chi connectivity index (χ1v) is 7.96. The third-order valence-electron chi connectivity index (χ3n) is 4.64. The van der Waals surface area contributed by atoms with Gasteiger partial charge in [-0.1, -0.05) is 33.1 Å². The van der Waals surface area contributed by atoms with Crippen LogP contribution >= 0.6 is 0 Å². The second-order valence-electron chi connectivity index (χ2n) is 6.06. The van der Waals surface area contributed by atoms with Crippen molar-refractivity contribution in [1.82, 2.24) is 15.1 Å². The molecule has 1 aromatic heterocycles. The van der Waals surface area contributed by atoms with Crippen LogP contribution in [0.1, 0.15) is 64.1 Å². The minimum absolute atomic E-state index is 0.597. The van der Waals surface area contributed by atoms with E-state index in [2.05, 4.69) is 43.2 Å². The van der Waals surface area contributed by atoms with Gasteiger partial charge in [-0.3, -0.25) is 4.68 Å². The Morgan fingerprint density at radius 2 is 2.11 bits per heavy atom. The van der Waals surface area contributed by atoms with Gasteiger partial charge in [0, 0.05) is 12.2 Å². The van der Waals surface area contributed by atoms with Gasteiger partial charge in [-0.15, -0.1) is 0 Å². The maximum absolute atomic E-state index is 4.81. The van der Waals surface area contributed by atoms with E-state index < -0.39 is 0 Å². The smallest absolute Gasteiger partial charge is 0.0627 e. The Labute approximate surface area is 117 Å². The Hall–Kier alpha value is -0.830. The van der Waals surface area contributed by atoms with E-state index in [-0.39, 0.29) is 0 Å². The summed E-state index contributed by atoms with van der Waals surface area (Å²) in [5, 5.41) is 8.22. The normalized spacial score (nSPS) is 20.4. The van der Waals surface area contributed by atoms with Crippen molar-refractivity contribution in [3.63, 3.8) is 0 Å². The predicted molar refractivity (Wildman–Crippen MR) is 80.4 cm³/mol. The van der Waals surface area contributed by atoms with Crippen LogP contribution in [0.25, 0.3) is 0 Å². The fourth-order valence-electron chi connectivity index (χ4n) is 3.40. The lowest BCUT2D eigenvalue weighted by molar-refractivity contribution is 0.325. The van der Waals surface area contributed by atoms with Crippen LogP contribution in [-0.2, 0) is 6.42 Å². The summed E-state index contributed by atoms with van der Waals surface area (Å²) in [6.07, 6.45) is 11.2. The molecule has 1 aliphatic carbocycles. The lowest BCUT2D eigenvalue weighted by atomic mass is 9.95. The molecular formula is C16H29N3. The van der Waals surface area contributed by atoms with Crippen molar-refractivity contribution in [1.29, 1.82) is 0 Å². The van der Waals surface area contributed by atoms with E-state index in [0.717, 1.165) is 6.42 Å². The molecule has 19 heavy (non-hydrogen) atoms. The van der Waals surface area contributed by atoms with Crippen LogP contribution in [0, 0.1) is 5.92 Å². The molecule has 1 aromatic rings. The Kier molecular flexibility index (Phi) is 5.44. The van der Waals surface area contributed by atoms with Crippen molar-refractivity contribution in [2.45, 2.75) is 70.9 Å². The Morgan fingerprint density at radius 1 is 1.37 bits per heavy atom. The van der Waals surface area contributed by atoms with Gasteiger partial charge < -0.3 is 5.32 Å². The molecule has 3 nitrogen and oxygen atoms in total. The second-order valence-corrected chi connectivity index (χ2v) is 6.06. The molecule has 1 fully saturated rings. The summed E-state index contributed by atoms with van der Waals surface area (Å²) in [6.45, 7) is 4.57. The Bertz CT molecular complexity index is 362. The lowest BCUT2D eigenvalue weighted by Gasteiger charge is -2.22. The molecule has 1 heterocycles. The second kappa shape index (κ2) is 7.09. The van der Waals surface area contributed by atoms with Crippen LogP contribution < -0.4 is 5.32 Å². The van der Waals surface area contributed by atoms with Crippen molar-refractivity contribution < 1.29 is 0 Å². The van der Waals surface area contributed by atoms with Crippen molar-refractivity contribution >= 4 is 0 Å². The largest absolute Gasteiger partial charge is 0.317 e. The quantitative estimate of drug-likeness (QED) is 0.850. The molecule has 3 heteroatoms. The van der Waals surface area contributed by atoms with Gasteiger partial charge in [0.05, 0.1) is 11.7 Å². The molecular weight excluding hydrogens is 234 g/mol.